The van der Waals surface area contributed by atoms with Crippen LogP contribution in [0.1, 0.15) is 27.7 Å². The number of hydrogen-bond donors (Lipinski definition) is 1. The van der Waals surface area contributed by atoms with Crippen LogP contribution in [0.5, 0.6) is 11.5 Å². The van der Waals surface area contributed by atoms with E-state index in [0.29, 0.717) is 34.9 Å². The molecule has 1 aromatic carbocycles. The molecule has 8 heteroatoms. The predicted octanol–water partition coefficient (Wildman–Crippen LogP) is 3.30. The molecule has 3 rings (SSSR count). The lowest BCUT2D eigenvalue weighted by Gasteiger charge is -2.28. The van der Waals surface area contributed by atoms with Crippen LogP contribution >= 0.6 is 11.3 Å². The molecule has 1 N–H and O–H groups in total. The first kappa shape index (κ1) is 21.9. The highest BCUT2D eigenvalue weighted by atomic mass is 32.1. The molecule has 1 aromatic heterocycles. The van der Waals surface area contributed by atoms with Crippen LogP contribution in [0.25, 0.3) is 0 Å². The van der Waals surface area contributed by atoms with E-state index < -0.39 is 17.7 Å². The van der Waals surface area contributed by atoms with Crippen molar-refractivity contribution in [3.63, 3.8) is 0 Å². The number of ketones is 1. The second kappa shape index (κ2) is 9.32. The van der Waals surface area contributed by atoms with Crippen molar-refractivity contribution in [3.05, 3.63) is 57.5 Å². The number of aliphatic hydroxyl groups is 1. The van der Waals surface area contributed by atoms with E-state index in [1.165, 1.54) is 30.5 Å². The molecule has 0 radical (unpaired) electrons. The molecular weight excluding hydrogens is 404 g/mol. The van der Waals surface area contributed by atoms with Gasteiger partial charge in [0.1, 0.15) is 0 Å². The van der Waals surface area contributed by atoms with Gasteiger partial charge < -0.3 is 24.4 Å². The van der Waals surface area contributed by atoms with Gasteiger partial charge in [-0.2, -0.15) is 0 Å². The molecule has 160 valence electrons. The van der Waals surface area contributed by atoms with E-state index in [1.54, 1.807) is 35.7 Å². The lowest BCUT2D eigenvalue weighted by atomic mass is 9.94. The molecule has 0 aliphatic carbocycles. The van der Waals surface area contributed by atoms with E-state index in [2.05, 4.69) is 0 Å². The van der Waals surface area contributed by atoms with Crippen LogP contribution in [0.2, 0.25) is 0 Å². The fourth-order valence-corrected chi connectivity index (χ4v) is 4.34. The lowest BCUT2D eigenvalue weighted by Crippen LogP contribution is -2.33. The van der Waals surface area contributed by atoms with Crippen LogP contribution in [-0.2, 0) is 4.79 Å². The van der Waals surface area contributed by atoms with Crippen LogP contribution < -0.4 is 9.47 Å². The van der Waals surface area contributed by atoms with Gasteiger partial charge in [-0.3, -0.25) is 9.59 Å². The Morgan fingerprint density at radius 3 is 2.57 bits per heavy atom. The van der Waals surface area contributed by atoms with Crippen molar-refractivity contribution >= 4 is 23.0 Å². The number of carbonyl (C=O) groups excluding carboxylic acids is 2. The standard InChI is InChI=1S/C22H26N2O5S/c1-23(2)11-7-12-24-18(14-8-5-9-15(28-3)21(14)29-4)17(20(26)22(24)27)19(25)16-10-6-13-30-16/h5-6,8-10,13,18,26H,7,11-12H2,1-4H3/t18-/m1/s1. The second-order valence-corrected chi connectivity index (χ2v) is 8.16. The summed E-state index contributed by atoms with van der Waals surface area (Å²) in [5, 5.41) is 12.5. The number of benzene rings is 1. The van der Waals surface area contributed by atoms with Gasteiger partial charge in [-0.25, -0.2) is 0 Å². The zero-order valence-electron chi connectivity index (χ0n) is 17.5. The molecule has 0 bridgehead atoms. The minimum absolute atomic E-state index is 0.0684. The number of ether oxygens (including phenoxy) is 2. The largest absolute Gasteiger partial charge is 0.503 e. The molecule has 1 aliphatic heterocycles. The number of aliphatic hydroxyl groups excluding tert-OH is 1. The highest BCUT2D eigenvalue weighted by Gasteiger charge is 2.45. The number of nitrogens with zero attached hydrogens (tertiary/aromatic N) is 2. The molecule has 1 aliphatic rings. The van der Waals surface area contributed by atoms with Gasteiger partial charge in [0.25, 0.3) is 5.91 Å². The summed E-state index contributed by atoms with van der Waals surface area (Å²) in [6, 6.07) is 8.01. The molecule has 2 heterocycles. The zero-order valence-corrected chi connectivity index (χ0v) is 18.4. The Hall–Kier alpha value is -2.84. The van der Waals surface area contributed by atoms with E-state index in [1.807, 2.05) is 19.0 Å². The van der Waals surface area contributed by atoms with Gasteiger partial charge >= 0.3 is 0 Å². The number of Topliss-reactive ketones (excluding diaryl/α,β-unsaturated/α-hetero) is 1. The number of para-hydroxylation sites is 1. The number of amides is 1. The molecule has 0 saturated heterocycles. The minimum atomic E-state index is -0.765. The molecule has 1 amide bonds. The Balaban J connectivity index is 2.11. The average molecular weight is 431 g/mol. The molecule has 0 fully saturated rings. The van der Waals surface area contributed by atoms with E-state index in [0.717, 1.165) is 6.54 Å². The maximum atomic E-state index is 13.3. The average Bonchev–Trinajstić information content (AvgIpc) is 3.35. The van der Waals surface area contributed by atoms with Gasteiger partial charge in [0.2, 0.25) is 5.78 Å². The van der Waals surface area contributed by atoms with E-state index >= 15 is 0 Å². The van der Waals surface area contributed by atoms with Gasteiger partial charge in [0, 0.05) is 12.1 Å². The summed E-state index contributed by atoms with van der Waals surface area (Å²) in [5.74, 6) is -0.496. The second-order valence-electron chi connectivity index (χ2n) is 7.21. The highest BCUT2D eigenvalue weighted by molar-refractivity contribution is 7.12. The van der Waals surface area contributed by atoms with E-state index in [-0.39, 0.29) is 11.4 Å². The Morgan fingerprint density at radius 1 is 1.20 bits per heavy atom. The summed E-state index contributed by atoms with van der Waals surface area (Å²) in [6.45, 7) is 1.15. The third-order valence-electron chi connectivity index (χ3n) is 5.03. The first-order valence-corrected chi connectivity index (χ1v) is 10.5. The lowest BCUT2D eigenvalue weighted by molar-refractivity contribution is -0.129. The van der Waals surface area contributed by atoms with Gasteiger partial charge in [-0.05, 0) is 44.6 Å². The normalized spacial score (nSPS) is 16.5. The van der Waals surface area contributed by atoms with Crippen LogP contribution in [0, 0.1) is 0 Å². The number of thiophene rings is 1. The highest BCUT2D eigenvalue weighted by Crippen LogP contribution is 2.45. The number of rotatable bonds is 9. The topological polar surface area (TPSA) is 79.3 Å². The van der Waals surface area contributed by atoms with Gasteiger partial charge in [0.05, 0.1) is 30.7 Å². The quantitative estimate of drug-likeness (QED) is 0.615. The van der Waals surface area contributed by atoms with Crippen molar-refractivity contribution in [1.82, 2.24) is 9.80 Å². The summed E-state index contributed by atoms with van der Waals surface area (Å²) in [6.07, 6.45) is 0.690. The van der Waals surface area contributed by atoms with Crippen LogP contribution in [0.4, 0.5) is 0 Å². The Kier molecular flexibility index (Phi) is 6.79. The van der Waals surface area contributed by atoms with Crippen molar-refractivity contribution in [1.29, 1.82) is 0 Å². The molecule has 1 atom stereocenters. The fourth-order valence-electron chi connectivity index (χ4n) is 3.66. The third-order valence-corrected chi connectivity index (χ3v) is 5.89. The Morgan fingerprint density at radius 2 is 1.97 bits per heavy atom. The maximum absolute atomic E-state index is 13.3. The number of hydrogen-bond acceptors (Lipinski definition) is 7. The number of methoxy groups -OCH3 is 2. The monoisotopic (exact) mass is 430 g/mol. The predicted molar refractivity (Wildman–Crippen MR) is 115 cm³/mol. The molecule has 30 heavy (non-hydrogen) atoms. The first-order valence-electron chi connectivity index (χ1n) is 9.58. The van der Waals surface area contributed by atoms with Crippen molar-refractivity contribution in [2.75, 3.05) is 41.4 Å². The van der Waals surface area contributed by atoms with Gasteiger partial charge in [0.15, 0.2) is 17.3 Å². The van der Waals surface area contributed by atoms with Crippen molar-refractivity contribution in [2.24, 2.45) is 0 Å². The van der Waals surface area contributed by atoms with E-state index in [9.17, 15) is 14.7 Å². The summed E-state index contributed by atoms with van der Waals surface area (Å²) in [7, 11) is 6.95. The smallest absolute Gasteiger partial charge is 0.290 e. The first-order chi connectivity index (χ1) is 14.4. The van der Waals surface area contributed by atoms with Gasteiger partial charge in [-0.15, -0.1) is 11.3 Å². The van der Waals surface area contributed by atoms with Gasteiger partial charge in [-0.1, -0.05) is 18.2 Å². The third kappa shape index (κ3) is 4.06. The molecule has 0 spiro atoms. The molecule has 7 nitrogen and oxygen atoms in total. The Labute approximate surface area is 180 Å². The fraction of sp³-hybridized carbons (Fsp3) is 0.364. The zero-order chi connectivity index (χ0) is 21.8. The SMILES string of the molecule is COc1cccc([C@@H]2C(C(=O)c3cccs3)=C(O)C(=O)N2CCCN(C)C)c1OC. The summed E-state index contributed by atoms with van der Waals surface area (Å²) >= 11 is 1.27. The Bertz CT molecular complexity index is 952. The molecule has 0 saturated carbocycles. The summed E-state index contributed by atoms with van der Waals surface area (Å²) in [5.41, 5.74) is 0.665. The van der Waals surface area contributed by atoms with Crippen molar-refractivity contribution < 1.29 is 24.2 Å². The summed E-state index contributed by atoms with van der Waals surface area (Å²) < 4.78 is 11.0. The van der Waals surface area contributed by atoms with Crippen molar-refractivity contribution in [2.45, 2.75) is 12.5 Å². The van der Waals surface area contributed by atoms with E-state index in [4.69, 9.17) is 9.47 Å². The maximum Gasteiger partial charge on any atom is 0.290 e. The molecule has 0 unspecified atom stereocenters. The summed E-state index contributed by atoms with van der Waals surface area (Å²) in [4.78, 5) is 30.3. The molecular formula is C22H26N2O5S. The van der Waals surface area contributed by atoms with Crippen LogP contribution in [0.15, 0.2) is 47.0 Å². The van der Waals surface area contributed by atoms with Crippen molar-refractivity contribution in [3.8, 4) is 11.5 Å². The van der Waals surface area contributed by atoms with Crippen LogP contribution in [-0.4, -0.2) is 68.0 Å². The minimum Gasteiger partial charge on any atom is -0.503 e. The molecule has 2 aromatic rings. The van der Waals surface area contributed by atoms with Crippen LogP contribution in [0.3, 0.4) is 0 Å². The number of carbonyl (C=O) groups is 2.